The van der Waals surface area contributed by atoms with E-state index in [1.807, 2.05) is 0 Å². The standard InChI is InChI=1S/C14H18ClNO4/c1-14(2,13(18)20-4)16-12(17)7-9-5-6-10(15)8-11(9)19-3/h5-6,8H,7H2,1-4H3,(H,16,17). The van der Waals surface area contributed by atoms with Gasteiger partial charge in [-0.2, -0.15) is 0 Å². The molecule has 0 heterocycles. The molecule has 0 bridgehead atoms. The predicted octanol–water partition coefficient (Wildman–Crippen LogP) is 1.96. The summed E-state index contributed by atoms with van der Waals surface area (Å²) in [6, 6.07) is 5.03. The van der Waals surface area contributed by atoms with Crippen molar-refractivity contribution in [1.82, 2.24) is 5.32 Å². The molecule has 0 atom stereocenters. The van der Waals surface area contributed by atoms with Gasteiger partial charge in [0.1, 0.15) is 11.3 Å². The van der Waals surface area contributed by atoms with Crippen molar-refractivity contribution >= 4 is 23.5 Å². The fourth-order valence-corrected chi connectivity index (χ4v) is 1.90. The van der Waals surface area contributed by atoms with Gasteiger partial charge in [-0.15, -0.1) is 0 Å². The Morgan fingerprint density at radius 2 is 1.95 bits per heavy atom. The molecule has 5 nitrogen and oxygen atoms in total. The van der Waals surface area contributed by atoms with Crippen molar-refractivity contribution in [2.75, 3.05) is 14.2 Å². The second kappa shape index (κ2) is 6.61. The molecule has 0 radical (unpaired) electrons. The summed E-state index contributed by atoms with van der Waals surface area (Å²) >= 11 is 5.86. The van der Waals surface area contributed by atoms with E-state index >= 15 is 0 Å². The normalized spacial score (nSPS) is 10.8. The first-order chi connectivity index (χ1) is 9.30. The number of amides is 1. The van der Waals surface area contributed by atoms with Crippen molar-refractivity contribution < 1.29 is 19.1 Å². The smallest absolute Gasteiger partial charge is 0.330 e. The fraction of sp³-hybridized carbons (Fsp3) is 0.429. The molecule has 1 aromatic rings. The summed E-state index contributed by atoms with van der Waals surface area (Å²) in [7, 11) is 2.78. The average molecular weight is 300 g/mol. The van der Waals surface area contributed by atoms with Crippen LogP contribution in [0.2, 0.25) is 5.02 Å². The highest BCUT2D eigenvalue weighted by Gasteiger charge is 2.30. The molecule has 0 aliphatic heterocycles. The third-order valence-corrected chi connectivity index (χ3v) is 2.98. The Hall–Kier alpha value is -1.75. The first-order valence-corrected chi connectivity index (χ1v) is 6.40. The van der Waals surface area contributed by atoms with E-state index in [-0.39, 0.29) is 12.3 Å². The maximum Gasteiger partial charge on any atom is 0.330 e. The molecule has 1 aromatic carbocycles. The van der Waals surface area contributed by atoms with Crippen molar-refractivity contribution in [3.05, 3.63) is 28.8 Å². The zero-order valence-corrected chi connectivity index (χ0v) is 12.7. The summed E-state index contributed by atoms with van der Waals surface area (Å²) in [5.41, 5.74) is -0.388. The number of halogens is 1. The van der Waals surface area contributed by atoms with Gasteiger partial charge >= 0.3 is 5.97 Å². The minimum absolute atomic E-state index is 0.0841. The van der Waals surface area contributed by atoms with Crippen molar-refractivity contribution in [2.24, 2.45) is 0 Å². The number of methoxy groups -OCH3 is 2. The molecule has 1 amide bonds. The van der Waals surface area contributed by atoms with Crippen LogP contribution >= 0.6 is 11.6 Å². The molecule has 0 aliphatic rings. The maximum absolute atomic E-state index is 12.0. The van der Waals surface area contributed by atoms with Gasteiger partial charge < -0.3 is 14.8 Å². The SMILES string of the molecule is COC(=O)C(C)(C)NC(=O)Cc1ccc(Cl)cc1OC. The van der Waals surface area contributed by atoms with E-state index in [2.05, 4.69) is 10.1 Å². The average Bonchev–Trinajstić information content (AvgIpc) is 2.39. The van der Waals surface area contributed by atoms with Gasteiger partial charge in [-0.1, -0.05) is 17.7 Å². The second-order valence-corrected chi connectivity index (χ2v) is 5.23. The monoisotopic (exact) mass is 299 g/mol. The molecule has 6 heteroatoms. The zero-order valence-electron chi connectivity index (χ0n) is 12.0. The third-order valence-electron chi connectivity index (χ3n) is 2.75. The van der Waals surface area contributed by atoms with Gasteiger partial charge in [0.15, 0.2) is 0 Å². The summed E-state index contributed by atoms with van der Waals surface area (Å²) in [5, 5.41) is 3.15. The summed E-state index contributed by atoms with van der Waals surface area (Å²) in [6.07, 6.45) is 0.0841. The van der Waals surface area contributed by atoms with Crippen molar-refractivity contribution in [2.45, 2.75) is 25.8 Å². The molecule has 1 rings (SSSR count). The lowest BCUT2D eigenvalue weighted by atomic mass is 10.0. The summed E-state index contributed by atoms with van der Waals surface area (Å²) in [6.45, 7) is 3.16. The molecule has 0 unspecified atom stereocenters. The van der Waals surface area contributed by atoms with Crippen molar-refractivity contribution in [1.29, 1.82) is 0 Å². The van der Waals surface area contributed by atoms with Gasteiger partial charge in [-0.05, 0) is 26.0 Å². The summed E-state index contributed by atoms with van der Waals surface area (Å²) in [4.78, 5) is 23.5. The van der Waals surface area contributed by atoms with Gasteiger partial charge in [0, 0.05) is 10.6 Å². The molecule has 0 saturated carbocycles. The highest BCUT2D eigenvalue weighted by Crippen LogP contribution is 2.23. The molecule has 0 aliphatic carbocycles. The topological polar surface area (TPSA) is 64.6 Å². The van der Waals surface area contributed by atoms with Crippen LogP contribution in [0.4, 0.5) is 0 Å². The van der Waals surface area contributed by atoms with E-state index in [1.165, 1.54) is 14.2 Å². The predicted molar refractivity (Wildman–Crippen MR) is 75.9 cm³/mol. The largest absolute Gasteiger partial charge is 0.496 e. The number of esters is 1. The lowest BCUT2D eigenvalue weighted by Crippen LogP contribution is -2.50. The van der Waals surface area contributed by atoms with Crippen LogP contribution in [0.25, 0.3) is 0 Å². The summed E-state index contributed by atoms with van der Waals surface area (Å²) in [5.74, 6) is -0.279. The second-order valence-electron chi connectivity index (χ2n) is 4.80. The molecule has 0 saturated heterocycles. The Morgan fingerprint density at radius 3 is 2.50 bits per heavy atom. The van der Waals surface area contributed by atoms with Gasteiger partial charge in [0.2, 0.25) is 5.91 Å². The molecular weight excluding hydrogens is 282 g/mol. The highest BCUT2D eigenvalue weighted by atomic mass is 35.5. The number of rotatable bonds is 5. The Kier molecular flexibility index (Phi) is 5.39. The van der Waals surface area contributed by atoms with Crippen LogP contribution in [0, 0.1) is 0 Å². The highest BCUT2D eigenvalue weighted by molar-refractivity contribution is 6.30. The Bertz CT molecular complexity index is 514. The molecule has 0 spiro atoms. The minimum atomic E-state index is -1.08. The van der Waals surface area contributed by atoms with Gasteiger partial charge in [-0.25, -0.2) is 4.79 Å². The van der Waals surface area contributed by atoms with E-state index in [1.54, 1.807) is 32.0 Å². The van der Waals surface area contributed by atoms with E-state index < -0.39 is 11.5 Å². The van der Waals surface area contributed by atoms with Crippen LogP contribution in [0.15, 0.2) is 18.2 Å². The van der Waals surface area contributed by atoms with E-state index in [0.717, 1.165) is 0 Å². The minimum Gasteiger partial charge on any atom is -0.496 e. The lowest BCUT2D eigenvalue weighted by Gasteiger charge is -2.23. The van der Waals surface area contributed by atoms with Crippen LogP contribution in [0.5, 0.6) is 5.75 Å². The first-order valence-electron chi connectivity index (χ1n) is 6.02. The molecule has 1 N–H and O–H groups in total. The summed E-state index contributed by atoms with van der Waals surface area (Å²) < 4.78 is 9.80. The number of carbonyl (C=O) groups is 2. The number of carbonyl (C=O) groups excluding carboxylic acids is 2. The van der Waals surface area contributed by atoms with Crippen LogP contribution in [-0.2, 0) is 20.7 Å². The third kappa shape index (κ3) is 4.13. The van der Waals surface area contributed by atoms with Crippen LogP contribution in [0.3, 0.4) is 0 Å². The number of benzene rings is 1. The van der Waals surface area contributed by atoms with Crippen molar-refractivity contribution in [3.63, 3.8) is 0 Å². The molecule has 0 aromatic heterocycles. The van der Waals surface area contributed by atoms with Gasteiger partial charge in [0.05, 0.1) is 20.6 Å². The first kappa shape index (κ1) is 16.3. The van der Waals surface area contributed by atoms with Crippen molar-refractivity contribution in [3.8, 4) is 5.75 Å². The number of hydrogen-bond acceptors (Lipinski definition) is 4. The van der Waals surface area contributed by atoms with Gasteiger partial charge in [0.25, 0.3) is 0 Å². The number of ether oxygens (including phenoxy) is 2. The number of nitrogens with one attached hydrogen (secondary N) is 1. The quantitative estimate of drug-likeness (QED) is 0.844. The van der Waals surface area contributed by atoms with Gasteiger partial charge in [-0.3, -0.25) is 4.79 Å². The maximum atomic E-state index is 12.0. The molecular formula is C14H18ClNO4. The van der Waals surface area contributed by atoms with E-state index in [4.69, 9.17) is 16.3 Å². The Morgan fingerprint density at radius 1 is 1.30 bits per heavy atom. The Balaban J connectivity index is 2.79. The van der Waals surface area contributed by atoms with Crippen LogP contribution < -0.4 is 10.1 Å². The van der Waals surface area contributed by atoms with Crippen LogP contribution in [-0.4, -0.2) is 31.6 Å². The van der Waals surface area contributed by atoms with E-state index in [9.17, 15) is 9.59 Å². The molecule has 20 heavy (non-hydrogen) atoms. The number of hydrogen-bond donors (Lipinski definition) is 1. The Labute approximate surface area is 123 Å². The molecule has 0 fully saturated rings. The van der Waals surface area contributed by atoms with Crippen LogP contribution in [0.1, 0.15) is 19.4 Å². The fourth-order valence-electron chi connectivity index (χ4n) is 1.74. The zero-order chi connectivity index (χ0) is 15.3. The van der Waals surface area contributed by atoms with E-state index in [0.29, 0.717) is 16.3 Å². The lowest BCUT2D eigenvalue weighted by molar-refractivity contribution is -0.149. The molecule has 110 valence electrons.